The highest BCUT2D eigenvalue weighted by Crippen LogP contribution is 2.47. The molecule has 2 saturated heterocycles. The van der Waals surface area contributed by atoms with Crippen LogP contribution in [0.1, 0.15) is 92.1 Å². The van der Waals surface area contributed by atoms with Crippen LogP contribution >= 0.6 is 0 Å². The molecule has 0 radical (unpaired) electrons. The Morgan fingerprint density at radius 2 is 1.63 bits per heavy atom. The number of methoxy groups -OCH3 is 2. The quantitative estimate of drug-likeness (QED) is 0.135. The second-order valence-corrected chi connectivity index (χ2v) is 17.7. The minimum absolute atomic E-state index is 0.00437. The maximum atomic E-state index is 14.6. The van der Waals surface area contributed by atoms with E-state index in [1.165, 1.54) is 14.2 Å². The number of carboxylic acids is 1. The van der Waals surface area contributed by atoms with Gasteiger partial charge in [0.25, 0.3) is 0 Å². The van der Waals surface area contributed by atoms with Gasteiger partial charge in [-0.15, -0.1) is 0 Å². The lowest BCUT2D eigenvalue weighted by atomic mass is 9.89. The molecule has 15 heteroatoms. The van der Waals surface area contributed by atoms with E-state index in [0.29, 0.717) is 38.8 Å². The molecule has 4 rings (SSSR count). The molecule has 15 nitrogen and oxygen atoms in total. The number of carbonyl (C=O) groups excluding carboxylic acids is 5. The molecule has 0 aromatic heterocycles. The number of amides is 5. The zero-order chi connectivity index (χ0) is 44.4. The van der Waals surface area contributed by atoms with Crippen molar-refractivity contribution in [3.05, 3.63) is 35.9 Å². The first-order valence-electron chi connectivity index (χ1n) is 22.0. The SMILES string of the molecule is CC[C@H](C)[C@@H]([C@@H](CC(=O)N1CCC[C@H]1[C@H](OC)[C@@H](C)C(=O)N[C@@H](Cc1ccccc1)C(=O)O)OC)N(C)C(=O)[C@@H](NC(=O)[C@@H]1[C@H]2CC[C@@H]([C@H]2C)N1C(=O)CCNC)C(C)C. The van der Waals surface area contributed by atoms with E-state index in [-0.39, 0.29) is 66.2 Å². The number of piperidine rings is 1. The number of nitrogens with one attached hydrogen (secondary N) is 3. The summed E-state index contributed by atoms with van der Waals surface area (Å²) in [7, 11) is 6.52. The summed E-state index contributed by atoms with van der Waals surface area (Å²) in [5.74, 6) is -3.42. The van der Waals surface area contributed by atoms with Crippen molar-refractivity contribution in [3.63, 3.8) is 0 Å². The van der Waals surface area contributed by atoms with Crippen molar-refractivity contribution in [2.24, 2.45) is 29.6 Å². The zero-order valence-corrected chi connectivity index (χ0v) is 37.5. The van der Waals surface area contributed by atoms with Crippen LogP contribution in [0.2, 0.25) is 0 Å². The lowest BCUT2D eigenvalue weighted by molar-refractivity contribution is -0.149. The Kier molecular flexibility index (Phi) is 17.9. The summed E-state index contributed by atoms with van der Waals surface area (Å²) in [6.45, 7) is 12.6. The number of rotatable bonds is 22. The highest BCUT2D eigenvalue weighted by atomic mass is 16.5. The minimum atomic E-state index is -1.15. The highest BCUT2D eigenvalue weighted by Gasteiger charge is 2.56. The molecule has 12 atom stereocenters. The molecule has 0 spiro atoms. The fourth-order valence-corrected chi connectivity index (χ4v) is 10.1. The van der Waals surface area contributed by atoms with E-state index in [9.17, 15) is 33.9 Å². The molecule has 2 aliphatic heterocycles. The number of aliphatic carboxylic acids is 1. The van der Waals surface area contributed by atoms with E-state index in [1.54, 1.807) is 35.7 Å². The minimum Gasteiger partial charge on any atom is -0.480 e. The van der Waals surface area contributed by atoms with Gasteiger partial charge in [0.1, 0.15) is 18.1 Å². The number of likely N-dealkylation sites (N-methyl/N-ethyl adjacent to an activating group) is 1. The number of hydrogen-bond donors (Lipinski definition) is 4. The van der Waals surface area contributed by atoms with E-state index in [0.717, 1.165) is 18.4 Å². The Morgan fingerprint density at radius 3 is 2.22 bits per heavy atom. The van der Waals surface area contributed by atoms with Crippen LogP contribution < -0.4 is 16.0 Å². The summed E-state index contributed by atoms with van der Waals surface area (Å²) in [6, 6.07) is 5.46. The molecule has 1 saturated carbocycles. The van der Waals surface area contributed by atoms with Gasteiger partial charge in [-0.05, 0) is 62.0 Å². The molecular weight excluding hydrogens is 769 g/mol. The van der Waals surface area contributed by atoms with Crippen LogP contribution in [0.3, 0.4) is 0 Å². The van der Waals surface area contributed by atoms with E-state index < -0.39 is 60.2 Å². The van der Waals surface area contributed by atoms with E-state index >= 15 is 0 Å². The molecule has 3 aliphatic rings. The van der Waals surface area contributed by atoms with E-state index in [1.807, 2.05) is 58.0 Å². The van der Waals surface area contributed by atoms with Gasteiger partial charge in [-0.1, -0.05) is 78.3 Å². The predicted octanol–water partition coefficient (Wildman–Crippen LogP) is 3.09. The van der Waals surface area contributed by atoms with Crippen LogP contribution in [0.4, 0.5) is 0 Å². The first-order valence-corrected chi connectivity index (χ1v) is 22.0. The molecule has 5 amide bonds. The molecule has 1 aromatic carbocycles. The molecule has 1 aliphatic carbocycles. The second-order valence-electron chi connectivity index (χ2n) is 17.7. The van der Waals surface area contributed by atoms with Gasteiger partial charge in [-0.25, -0.2) is 4.79 Å². The smallest absolute Gasteiger partial charge is 0.326 e. The Labute approximate surface area is 357 Å². The lowest BCUT2D eigenvalue weighted by Crippen LogP contribution is -2.60. The number of hydrogen-bond acceptors (Lipinski definition) is 9. The van der Waals surface area contributed by atoms with Crippen molar-refractivity contribution in [2.75, 3.05) is 41.4 Å². The van der Waals surface area contributed by atoms with Crippen molar-refractivity contribution >= 4 is 35.5 Å². The number of nitrogens with zero attached hydrogens (tertiary/aromatic N) is 3. The molecule has 3 fully saturated rings. The van der Waals surface area contributed by atoms with Gasteiger partial charge >= 0.3 is 5.97 Å². The Balaban J connectivity index is 1.48. The van der Waals surface area contributed by atoms with Crippen molar-refractivity contribution in [2.45, 2.75) is 141 Å². The number of carboxylic acid groups (broad SMARTS) is 1. The van der Waals surface area contributed by atoms with Crippen LogP contribution in [0.15, 0.2) is 30.3 Å². The first kappa shape index (κ1) is 48.6. The van der Waals surface area contributed by atoms with Crippen molar-refractivity contribution in [1.29, 1.82) is 0 Å². The monoisotopic (exact) mass is 841 g/mol. The summed E-state index contributed by atoms with van der Waals surface area (Å²) >= 11 is 0. The predicted molar refractivity (Wildman–Crippen MR) is 227 cm³/mol. The van der Waals surface area contributed by atoms with Crippen LogP contribution in [0.25, 0.3) is 0 Å². The summed E-state index contributed by atoms with van der Waals surface area (Å²) in [5, 5.41) is 18.7. The van der Waals surface area contributed by atoms with Crippen LogP contribution in [0, 0.1) is 29.6 Å². The van der Waals surface area contributed by atoms with Crippen LogP contribution in [-0.4, -0.2) is 145 Å². The molecule has 2 bridgehead atoms. The van der Waals surface area contributed by atoms with Crippen molar-refractivity contribution < 1.29 is 43.3 Å². The summed E-state index contributed by atoms with van der Waals surface area (Å²) < 4.78 is 11.9. The van der Waals surface area contributed by atoms with E-state index in [4.69, 9.17) is 9.47 Å². The third kappa shape index (κ3) is 11.0. The number of likely N-dealkylation sites (tertiary alicyclic amines) is 2. The molecule has 1 aromatic rings. The second kappa shape index (κ2) is 22.1. The van der Waals surface area contributed by atoms with Gasteiger partial charge in [0.2, 0.25) is 29.5 Å². The number of benzene rings is 1. The number of carbonyl (C=O) groups is 6. The zero-order valence-electron chi connectivity index (χ0n) is 37.5. The van der Waals surface area contributed by atoms with Crippen LogP contribution in [0.5, 0.6) is 0 Å². The summed E-state index contributed by atoms with van der Waals surface area (Å²) in [6.07, 6.45) is 2.66. The van der Waals surface area contributed by atoms with Gasteiger partial charge in [0, 0.05) is 53.2 Å². The fourth-order valence-electron chi connectivity index (χ4n) is 10.1. The number of fused-ring (bicyclic) bond motifs is 2. The van der Waals surface area contributed by atoms with E-state index in [2.05, 4.69) is 22.9 Å². The average molecular weight is 841 g/mol. The van der Waals surface area contributed by atoms with Crippen molar-refractivity contribution in [1.82, 2.24) is 30.7 Å². The summed E-state index contributed by atoms with van der Waals surface area (Å²) in [5.41, 5.74) is 0.777. The third-order valence-electron chi connectivity index (χ3n) is 13.7. The standard InChI is InChI=1S/C45H72N6O9/c1-11-27(4)39(49(8)44(56)38(26(2)3)48-43(55)40-31-19-20-33(28(31)5)51(40)36(52)21-22-46-7)35(59-9)25-37(53)50-23-15-18-34(50)41(60-10)29(6)42(54)47-32(45(57)58)24-30-16-13-12-14-17-30/h12-14,16-17,26-29,31-35,38-41,46H,11,15,18-25H2,1-10H3,(H,47,54)(H,48,55)(H,57,58)/t27-,28-,29+,31-,32-,33-,34-,35+,38-,39-,40-,41+/m0/s1. The van der Waals surface area contributed by atoms with Gasteiger partial charge in [-0.2, -0.15) is 0 Å². The molecule has 336 valence electrons. The van der Waals surface area contributed by atoms with Gasteiger partial charge < -0.3 is 45.2 Å². The molecular formula is C45H72N6O9. The molecule has 60 heavy (non-hydrogen) atoms. The maximum absolute atomic E-state index is 14.6. The fraction of sp³-hybridized carbons (Fsp3) is 0.733. The largest absolute Gasteiger partial charge is 0.480 e. The third-order valence-corrected chi connectivity index (χ3v) is 13.7. The molecule has 4 N–H and O–H groups in total. The van der Waals surface area contributed by atoms with Crippen LogP contribution in [-0.2, 0) is 44.7 Å². The molecule has 2 heterocycles. The van der Waals surface area contributed by atoms with Gasteiger partial charge in [0.05, 0.1) is 36.6 Å². The van der Waals surface area contributed by atoms with Gasteiger partial charge in [-0.3, -0.25) is 24.0 Å². The van der Waals surface area contributed by atoms with Gasteiger partial charge in [0.15, 0.2) is 0 Å². The number of ether oxygens (including phenoxy) is 2. The Morgan fingerprint density at radius 1 is 0.950 bits per heavy atom. The Bertz CT molecular complexity index is 1630. The average Bonchev–Trinajstić information content (AvgIpc) is 3.94. The first-order chi connectivity index (χ1) is 28.5. The normalized spacial score (nSPS) is 24.6. The maximum Gasteiger partial charge on any atom is 0.326 e. The molecule has 0 unspecified atom stereocenters. The highest BCUT2D eigenvalue weighted by molar-refractivity contribution is 5.93. The Hall–Kier alpha value is -4.08. The van der Waals surface area contributed by atoms with Crippen molar-refractivity contribution in [3.8, 4) is 0 Å². The topological polar surface area (TPSA) is 187 Å². The lowest BCUT2D eigenvalue weighted by Gasteiger charge is -2.41. The summed E-state index contributed by atoms with van der Waals surface area (Å²) in [4.78, 5) is 87.3.